The van der Waals surface area contributed by atoms with Crippen molar-refractivity contribution in [1.82, 2.24) is 0 Å². The monoisotopic (exact) mass is 337 g/mol. The van der Waals surface area contributed by atoms with E-state index in [1.807, 2.05) is 43.3 Å². The lowest BCUT2D eigenvalue weighted by Crippen LogP contribution is -2.00. The molecule has 2 nitrogen and oxygen atoms in total. The number of nitrogen functional groups attached to an aromatic ring is 1. The molecule has 19 heavy (non-hydrogen) atoms. The lowest BCUT2D eigenvalue weighted by molar-refractivity contribution is 0.682. The maximum absolute atomic E-state index is 12.4. The van der Waals surface area contributed by atoms with Crippen LogP contribution < -0.4 is 5.73 Å². The Hall–Kier alpha value is -1.13. The molecule has 2 N–H and O–H groups in total. The molecule has 4 heteroatoms. The minimum atomic E-state index is -1.06. The number of benzene rings is 2. The fraction of sp³-hybridized carbons (Fsp3) is 0.200. The van der Waals surface area contributed by atoms with Gasteiger partial charge in [0, 0.05) is 15.1 Å². The lowest BCUT2D eigenvalue weighted by Gasteiger charge is -2.08. The van der Waals surface area contributed by atoms with Crippen LogP contribution in [-0.2, 0) is 16.6 Å². The highest BCUT2D eigenvalue weighted by Gasteiger charge is 2.10. The zero-order valence-electron chi connectivity index (χ0n) is 10.9. The van der Waals surface area contributed by atoms with E-state index in [0.29, 0.717) is 11.4 Å². The fourth-order valence-corrected chi connectivity index (χ4v) is 3.60. The van der Waals surface area contributed by atoms with Crippen molar-refractivity contribution < 1.29 is 4.21 Å². The molecule has 2 aromatic carbocycles. The standard InChI is InChI=1S/C15H16BrNOS/c1-10-6-7-13(8-11(10)2)19(18)9-12-4-3-5-14(17)15(12)16/h3-8H,9,17H2,1-2H3. The van der Waals surface area contributed by atoms with Crippen LogP contribution in [0.25, 0.3) is 0 Å². The second-order valence-corrected chi connectivity index (χ2v) is 6.80. The fourth-order valence-electron chi connectivity index (χ4n) is 1.79. The summed E-state index contributed by atoms with van der Waals surface area (Å²) < 4.78 is 13.2. The van der Waals surface area contributed by atoms with Crippen molar-refractivity contribution in [2.24, 2.45) is 0 Å². The van der Waals surface area contributed by atoms with Crippen LogP contribution in [0.2, 0.25) is 0 Å². The first kappa shape index (κ1) is 14.3. The van der Waals surface area contributed by atoms with E-state index >= 15 is 0 Å². The highest BCUT2D eigenvalue weighted by Crippen LogP contribution is 2.26. The minimum Gasteiger partial charge on any atom is -0.398 e. The molecule has 1 atom stereocenters. The van der Waals surface area contributed by atoms with E-state index in [0.717, 1.165) is 20.5 Å². The Morgan fingerprint density at radius 1 is 1.16 bits per heavy atom. The summed E-state index contributed by atoms with van der Waals surface area (Å²) in [6.07, 6.45) is 0. The van der Waals surface area contributed by atoms with E-state index < -0.39 is 10.8 Å². The first-order chi connectivity index (χ1) is 8.99. The van der Waals surface area contributed by atoms with Gasteiger partial charge in [-0.1, -0.05) is 18.2 Å². The zero-order valence-corrected chi connectivity index (χ0v) is 13.3. The summed E-state index contributed by atoms with van der Waals surface area (Å²) in [6.45, 7) is 4.09. The second-order valence-electron chi connectivity index (χ2n) is 4.56. The van der Waals surface area contributed by atoms with Gasteiger partial charge in [0.05, 0.1) is 16.6 Å². The summed E-state index contributed by atoms with van der Waals surface area (Å²) >= 11 is 3.45. The van der Waals surface area contributed by atoms with Crippen molar-refractivity contribution in [3.63, 3.8) is 0 Å². The Labute approximate surface area is 124 Å². The van der Waals surface area contributed by atoms with Gasteiger partial charge in [-0.3, -0.25) is 4.21 Å². The molecule has 0 radical (unpaired) electrons. The summed E-state index contributed by atoms with van der Waals surface area (Å²) in [5.74, 6) is 0.466. The Morgan fingerprint density at radius 3 is 2.58 bits per heavy atom. The largest absolute Gasteiger partial charge is 0.398 e. The van der Waals surface area contributed by atoms with Crippen LogP contribution >= 0.6 is 15.9 Å². The predicted octanol–water partition coefficient (Wildman–Crippen LogP) is 3.96. The number of halogens is 1. The Bertz CT molecular complexity index is 640. The van der Waals surface area contributed by atoms with E-state index in [2.05, 4.69) is 22.9 Å². The van der Waals surface area contributed by atoms with Crippen molar-refractivity contribution in [3.8, 4) is 0 Å². The Balaban J connectivity index is 2.26. The maximum Gasteiger partial charge on any atom is 0.0574 e. The topological polar surface area (TPSA) is 43.1 Å². The number of anilines is 1. The van der Waals surface area contributed by atoms with Gasteiger partial charge in [0.15, 0.2) is 0 Å². The lowest BCUT2D eigenvalue weighted by atomic mass is 10.1. The van der Waals surface area contributed by atoms with Crippen LogP contribution in [0.3, 0.4) is 0 Å². The highest BCUT2D eigenvalue weighted by atomic mass is 79.9. The molecule has 0 fully saturated rings. The molecule has 0 saturated carbocycles. The third-order valence-electron chi connectivity index (χ3n) is 3.14. The first-order valence-corrected chi connectivity index (χ1v) is 8.08. The first-order valence-electron chi connectivity index (χ1n) is 5.97. The molecular formula is C15H16BrNOS. The number of aryl methyl sites for hydroxylation is 2. The molecular weight excluding hydrogens is 322 g/mol. The summed E-state index contributed by atoms with van der Waals surface area (Å²) in [6, 6.07) is 11.6. The van der Waals surface area contributed by atoms with Crippen LogP contribution in [0.5, 0.6) is 0 Å². The van der Waals surface area contributed by atoms with E-state index in [9.17, 15) is 4.21 Å². The second kappa shape index (κ2) is 5.88. The van der Waals surface area contributed by atoms with Gasteiger partial charge in [0.2, 0.25) is 0 Å². The molecule has 2 aromatic rings. The van der Waals surface area contributed by atoms with Gasteiger partial charge in [-0.25, -0.2) is 0 Å². The van der Waals surface area contributed by atoms with Gasteiger partial charge in [-0.2, -0.15) is 0 Å². The molecule has 0 heterocycles. The van der Waals surface area contributed by atoms with Gasteiger partial charge in [0.1, 0.15) is 0 Å². The van der Waals surface area contributed by atoms with Crippen molar-refractivity contribution in [3.05, 3.63) is 57.6 Å². The Kier molecular flexibility index (Phi) is 4.42. The van der Waals surface area contributed by atoms with Gasteiger partial charge in [-0.05, 0) is 64.7 Å². The average Bonchev–Trinajstić information content (AvgIpc) is 2.38. The molecule has 2 rings (SSSR count). The molecule has 100 valence electrons. The van der Waals surface area contributed by atoms with Crippen LogP contribution in [0.15, 0.2) is 45.8 Å². The number of nitrogens with two attached hydrogens (primary N) is 1. The normalized spacial score (nSPS) is 12.4. The zero-order chi connectivity index (χ0) is 14.0. The van der Waals surface area contributed by atoms with Crippen molar-refractivity contribution in [2.75, 3.05) is 5.73 Å². The van der Waals surface area contributed by atoms with Gasteiger partial charge in [-0.15, -0.1) is 0 Å². The molecule has 0 aliphatic rings. The van der Waals surface area contributed by atoms with Gasteiger partial charge in [0.25, 0.3) is 0 Å². The van der Waals surface area contributed by atoms with Gasteiger partial charge >= 0.3 is 0 Å². The van der Waals surface area contributed by atoms with Crippen LogP contribution in [0.1, 0.15) is 16.7 Å². The highest BCUT2D eigenvalue weighted by molar-refractivity contribution is 9.10. The summed E-state index contributed by atoms with van der Waals surface area (Å²) in [7, 11) is -1.06. The summed E-state index contributed by atoms with van der Waals surface area (Å²) in [5.41, 5.74) is 9.86. The molecule has 0 amide bonds. The minimum absolute atomic E-state index is 0.466. The predicted molar refractivity (Wildman–Crippen MR) is 84.6 cm³/mol. The molecule has 0 aromatic heterocycles. The molecule has 0 aliphatic carbocycles. The molecule has 0 bridgehead atoms. The van der Waals surface area contributed by atoms with Crippen molar-refractivity contribution in [2.45, 2.75) is 24.5 Å². The van der Waals surface area contributed by atoms with E-state index in [4.69, 9.17) is 5.73 Å². The molecule has 1 unspecified atom stereocenters. The maximum atomic E-state index is 12.4. The van der Waals surface area contributed by atoms with Crippen LogP contribution in [-0.4, -0.2) is 4.21 Å². The smallest absolute Gasteiger partial charge is 0.0574 e. The van der Waals surface area contributed by atoms with Crippen molar-refractivity contribution >= 4 is 32.4 Å². The Morgan fingerprint density at radius 2 is 1.89 bits per heavy atom. The van der Waals surface area contributed by atoms with Crippen molar-refractivity contribution in [1.29, 1.82) is 0 Å². The van der Waals surface area contributed by atoms with E-state index in [1.54, 1.807) is 0 Å². The third-order valence-corrected chi connectivity index (χ3v) is 5.46. The molecule has 0 saturated heterocycles. The van der Waals surface area contributed by atoms with E-state index in [1.165, 1.54) is 5.56 Å². The summed E-state index contributed by atoms with van der Waals surface area (Å²) in [5, 5.41) is 0. The van der Waals surface area contributed by atoms with E-state index in [-0.39, 0.29) is 0 Å². The number of rotatable bonds is 3. The van der Waals surface area contributed by atoms with Crippen LogP contribution in [0.4, 0.5) is 5.69 Å². The third kappa shape index (κ3) is 3.25. The average molecular weight is 338 g/mol. The number of hydrogen-bond acceptors (Lipinski definition) is 2. The van der Waals surface area contributed by atoms with Crippen LogP contribution in [0, 0.1) is 13.8 Å². The SMILES string of the molecule is Cc1ccc(S(=O)Cc2cccc(N)c2Br)cc1C. The quantitative estimate of drug-likeness (QED) is 0.861. The molecule has 0 spiro atoms. The summed E-state index contributed by atoms with van der Waals surface area (Å²) in [4.78, 5) is 0.859. The molecule has 0 aliphatic heterocycles. The number of hydrogen-bond donors (Lipinski definition) is 1. The van der Waals surface area contributed by atoms with Gasteiger partial charge < -0.3 is 5.73 Å².